The van der Waals surface area contributed by atoms with E-state index < -0.39 is 10.0 Å². The average Bonchev–Trinajstić information content (AvgIpc) is 2.71. The van der Waals surface area contributed by atoms with E-state index in [9.17, 15) is 13.2 Å². The van der Waals surface area contributed by atoms with Gasteiger partial charge in [-0.05, 0) is 69.2 Å². The topological polar surface area (TPSA) is 69.7 Å². The number of nitrogens with zero attached hydrogens (tertiary/aromatic N) is 2. The Labute approximate surface area is 175 Å². The van der Waals surface area contributed by atoms with Crippen molar-refractivity contribution in [1.82, 2.24) is 14.5 Å². The molecule has 0 bridgehead atoms. The van der Waals surface area contributed by atoms with E-state index in [0.717, 1.165) is 24.0 Å². The zero-order chi connectivity index (χ0) is 20.9. The summed E-state index contributed by atoms with van der Waals surface area (Å²) in [4.78, 5) is 14.6. The molecule has 1 heterocycles. The largest absolute Gasteiger partial charge is 0.355 e. The molecule has 6 nitrogen and oxygen atoms in total. The van der Waals surface area contributed by atoms with Crippen molar-refractivity contribution in [3.63, 3.8) is 0 Å². The smallest absolute Gasteiger partial charge is 0.243 e. The van der Waals surface area contributed by atoms with Gasteiger partial charge in [-0.3, -0.25) is 9.69 Å². The highest BCUT2D eigenvalue weighted by Gasteiger charge is 2.29. The highest BCUT2D eigenvalue weighted by atomic mass is 32.2. The maximum atomic E-state index is 12.9. The van der Waals surface area contributed by atoms with Gasteiger partial charge in [-0.25, -0.2) is 8.42 Å². The number of piperazine rings is 1. The number of carbonyl (C=O) groups is 1. The number of amides is 1. The minimum absolute atomic E-state index is 0.0203. The lowest BCUT2D eigenvalue weighted by atomic mass is 9.97. The Balaban J connectivity index is 1.44. The van der Waals surface area contributed by atoms with Gasteiger partial charge in [0.25, 0.3) is 0 Å². The van der Waals surface area contributed by atoms with Crippen molar-refractivity contribution in [3.05, 3.63) is 41.0 Å². The molecule has 1 amide bonds. The number of sulfonamides is 1. The summed E-state index contributed by atoms with van der Waals surface area (Å²) in [7, 11) is -3.48. The normalized spacial score (nSPS) is 19.0. The van der Waals surface area contributed by atoms with Crippen LogP contribution in [0.5, 0.6) is 0 Å². The molecular formula is C22H33N3O3S. The van der Waals surface area contributed by atoms with E-state index >= 15 is 0 Å². The van der Waals surface area contributed by atoms with Crippen LogP contribution in [0, 0.1) is 13.8 Å². The van der Waals surface area contributed by atoms with Crippen molar-refractivity contribution in [1.29, 1.82) is 0 Å². The van der Waals surface area contributed by atoms with Crippen LogP contribution in [0.2, 0.25) is 0 Å². The second kappa shape index (κ2) is 9.87. The van der Waals surface area contributed by atoms with Gasteiger partial charge >= 0.3 is 0 Å². The number of hydrogen-bond acceptors (Lipinski definition) is 4. The predicted octanol–water partition coefficient (Wildman–Crippen LogP) is 2.62. The molecule has 0 spiro atoms. The molecule has 1 aromatic carbocycles. The SMILES string of the molecule is Cc1ccc(S(=O)(=O)N2CCN(CC(=O)NCCC3=CCCCC3)CC2)cc1C. The molecule has 29 heavy (non-hydrogen) atoms. The van der Waals surface area contributed by atoms with Crippen molar-refractivity contribution in [2.24, 2.45) is 0 Å². The van der Waals surface area contributed by atoms with Crippen LogP contribution in [-0.2, 0) is 14.8 Å². The van der Waals surface area contributed by atoms with Crippen LogP contribution in [0.15, 0.2) is 34.7 Å². The molecule has 160 valence electrons. The number of carbonyl (C=O) groups excluding carboxylic acids is 1. The van der Waals surface area contributed by atoms with E-state index in [-0.39, 0.29) is 5.91 Å². The number of nitrogens with one attached hydrogen (secondary N) is 1. The Morgan fingerprint density at radius 3 is 2.48 bits per heavy atom. The van der Waals surface area contributed by atoms with Gasteiger partial charge in [0, 0.05) is 32.7 Å². The average molecular weight is 420 g/mol. The number of rotatable bonds is 7. The maximum absolute atomic E-state index is 12.9. The van der Waals surface area contributed by atoms with Gasteiger partial charge in [0.05, 0.1) is 11.4 Å². The fourth-order valence-corrected chi connectivity index (χ4v) is 5.41. The zero-order valence-corrected chi connectivity index (χ0v) is 18.4. The Bertz CT molecular complexity index is 856. The molecule has 1 aliphatic heterocycles. The molecule has 7 heteroatoms. The lowest BCUT2D eigenvalue weighted by Crippen LogP contribution is -2.51. The predicted molar refractivity (Wildman–Crippen MR) is 115 cm³/mol. The monoisotopic (exact) mass is 419 g/mol. The molecule has 1 saturated heterocycles. The van der Waals surface area contributed by atoms with Gasteiger partial charge < -0.3 is 5.32 Å². The van der Waals surface area contributed by atoms with E-state index in [1.807, 2.05) is 24.8 Å². The molecule has 1 fully saturated rings. The lowest BCUT2D eigenvalue weighted by Gasteiger charge is -2.33. The maximum Gasteiger partial charge on any atom is 0.243 e. The van der Waals surface area contributed by atoms with Crippen LogP contribution in [0.1, 0.15) is 43.2 Å². The second-order valence-corrected chi connectivity index (χ2v) is 10.1. The minimum Gasteiger partial charge on any atom is -0.355 e. The lowest BCUT2D eigenvalue weighted by molar-refractivity contribution is -0.122. The Hall–Kier alpha value is -1.70. The van der Waals surface area contributed by atoms with E-state index in [1.165, 1.54) is 29.1 Å². The third-order valence-electron chi connectivity index (χ3n) is 5.97. The van der Waals surface area contributed by atoms with E-state index in [0.29, 0.717) is 44.2 Å². The Morgan fingerprint density at radius 2 is 1.83 bits per heavy atom. The van der Waals surface area contributed by atoms with E-state index in [4.69, 9.17) is 0 Å². The number of aryl methyl sites for hydroxylation is 2. The molecule has 0 unspecified atom stereocenters. The second-order valence-electron chi connectivity index (χ2n) is 8.13. The van der Waals surface area contributed by atoms with Crippen LogP contribution < -0.4 is 5.32 Å². The summed E-state index contributed by atoms with van der Waals surface area (Å²) >= 11 is 0. The van der Waals surface area contributed by atoms with Crippen LogP contribution >= 0.6 is 0 Å². The third kappa shape index (κ3) is 5.90. The van der Waals surface area contributed by atoms with Crippen LogP contribution in [0.25, 0.3) is 0 Å². The highest BCUT2D eigenvalue weighted by Crippen LogP contribution is 2.21. The standard InChI is InChI=1S/C22H33N3O3S/c1-18-8-9-21(16-19(18)2)29(27,28)25-14-12-24(13-15-25)17-22(26)23-11-10-20-6-4-3-5-7-20/h6,8-9,16H,3-5,7,10-15,17H2,1-2H3,(H,23,26). The van der Waals surface area contributed by atoms with Gasteiger partial charge in [0.1, 0.15) is 0 Å². The highest BCUT2D eigenvalue weighted by molar-refractivity contribution is 7.89. The summed E-state index contributed by atoms with van der Waals surface area (Å²) < 4.78 is 27.3. The van der Waals surface area contributed by atoms with E-state index in [1.54, 1.807) is 12.1 Å². The number of benzene rings is 1. The molecule has 1 aliphatic carbocycles. The molecule has 3 rings (SSSR count). The van der Waals surface area contributed by atoms with Crippen LogP contribution in [0.3, 0.4) is 0 Å². The molecule has 0 radical (unpaired) electrons. The molecule has 0 aromatic heterocycles. The van der Waals surface area contributed by atoms with Crippen molar-refractivity contribution < 1.29 is 13.2 Å². The molecule has 2 aliphatic rings. The Morgan fingerprint density at radius 1 is 1.07 bits per heavy atom. The first-order chi connectivity index (χ1) is 13.9. The van der Waals surface area contributed by atoms with Crippen LogP contribution in [-0.4, -0.2) is 62.8 Å². The zero-order valence-electron chi connectivity index (χ0n) is 17.6. The van der Waals surface area contributed by atoms with E-state index in [2.05, 4.69) is 11.4 Å². The minimum atomic E-state index is -3.48. The summed E-state index contributed by atoms with van der Waals surface area (Å²) in [5, 5.41) is 3.00. The first kappa shape index (κ1) is 22.0. The fourth-order valence-electron chi connectivity index (χ4n) is 3.90. The van der Waals surface area contributed by atoms with Crippen molar-refractivity contribution in [2.75, 3.05) is 39.3 Å². The first-order valence-corrected chi connectivity index (χ1v) is 12.0. The third-order valence-corrected chi connectivity index (χ3v) is 7.86. The number of allylic oxidation sites excluding steroid dienone is 1. The molecule has 1 aromatic rings. The van der Waals surface area contributed by atoms with Gasteiger partial charge in [-0.1, -0.05) is 17.7 Å². The fraction of sp³-hybridized carbons (Fsp3) is 0.591. The summed E-state index contributed by atoms with van der Waals surface area (Å²) in [5.41, 5.74) is 3.52. The molecule has 0 saturated carbocycles. The summed E-state index contributed by atoms with van der Waals surface area (Å²) in [6, 6.07) is 5.28. The quantitative estimate of drug-likeness (QED) is 0.690. The number of hydrogen-bond donors (Lipinski definition) is 1. The van der Waals surface area contributed by atoms with Gasteiger partial charge in [-0.2, -0.15) is 4.31 Å². The van der Waals surface area contributed by atoms with Gasteiger partial charge in [0.2, 0.25) is 15.9 Å². The van der Waals surface area contributed by atoms with Crippen LogP contribution in [0.4, 0.5) is 0 Å². The first-order valence-electron chi connectivity index (χ1n) is 10.6. The molecule has 1 N–H and O–H groups in total. The summed E-state index contributed by atoms with van der Waals surface area (Å²) in [6.07, 6.45) is 8.11. The molecule has 0 atom stereocenters. The van der Waals surface area contributed by atoms with Crippen molar-refractivity contribution in [3.8, 4) is 0 Å². The summed E-state index contributed by atoms with van der Waals surface area (Å²) in [6.45, 7) is 6.88. The summed E-state index contributed by atoms with van der Waals surface area (Å²) in [5.74, 6) is 0.0203. The van der Waals surface area contributed by atoms with Gasteiger partial charge in [-0.15, -0.1) is 0 Å². The Kier molecular flexibility index (Phi) is 7.49. The van der Waals surface area contributed by atoms with Crippen molar-refractivity contribution in [2.45, 2.75) is 50.8 Å². The van der Waals surface area contributed by atoms with Gasteiger partial charge in [0.15, 0.2) is 0 Å². The molecular weight excluding hydrogens is 386 g/mol. The van der Waals surface area contributed by atoms with Crippen molar-refractivity contribution >= 4 is 15.9 Å².